The van der Waals surface area contributed by atoms with E-state index < -0.39 is 0 Å². The molecular formula is C19H16ClFN4S. The summed E-state index contributed by atoms with van der Waals surface area (Å²) in [6.45, 7) is 0.519. The lowest BCUT2D eigenvalue weighted by molar-refractivity contribution is 0.607. The second kappa shape index (κ2) is 8.69. The van der Waals surface area contributed by atoms with E-state index in [4.69, 9.17) is 17.0 Å². The highest BCUT2D eigenvalue weighted by molar-refractivity contribution is 7.17. The van der Waals surface area contributed by atoms with Crippen molar-refractivity contribution in [1.29, 1.82) is 5.41 Å². The van der Waals surface area contributed by atoms with Gasteiger partial charge in [-0.15, -0.1) is 11.3 Å². The SMILES string of the molecule is N=C(/C=C(\NCCc1ccccc1F)c1ccc(Cl)s1)c1ncccn1. The van der Waals surface area contributed by atoms with Gasteiger partial charge in [-0.25, -0.2) is 14.4 Å². The molecule has 0 radical (unpaired) electrons. The summed E-state index contributed by atoms with van der Waals surface area (Å²) >= 11 is 7.45. The van der Waals surface area contributed by atoms with Crippen molar-refractivity contribution < 1.29 is 4.39 Å². The number of nitrogens with one attached hydrogen (secondary N) is 2. The van der Waals surface area contributed by atoms with Gasteiger partial charge < -0.3 is 5.32 Å². The van der Waals surface area contributed by atoms with E-state index in [1.165, 1.54) is 17.4 Å². The second-order valence-electron chi connectivity index (χ2n) is 5.42. The van der Waals surface area contributed by atoms with Gasteiger partial charge in [0.25, 0.3) is 0 Å². The van der Waals surface area contributed by atoms with Crippen LogP contribution in [0.25, 0.3) is 5.70 Å². The second-order valence-corrected chi connectivity index (χ2v) is 7.13. The van der Waals surface area contributed by atoms with Crippen LogP contribution in [0.5, 0.6) is 0 Å². The first-order valence-electron chi connectivity index (χ1n) is 7.94. The monoisotopic (exact) mass is 386 g/mol. The zero-order valence-electron chi connectivity index (χ0n) is 13.7. The number of hydrogen-bond acceptors (Lipinski definition) is 5. The van der Waals surface area contributed by atoms with Gasteiger partial charge in [-0.2, -0.15) is 0 Å². The van der Waals surface area contributed by atoms with Crippen molar-refractivity contribution in [2.45, 2.75) is 6.42 Å². The highest BCUT2D eigenvalue weighted by atomic mass is 35.5. The molecule has 2 heterocycles. The fraction of sp³-hybridized carbons (Fsp3) is 0.105. The van der Waals surface area contributed by atoms with Gasteiger partial charge in [0.2, 0.25) is 0 Å². The summed E-state index contributed by atoms with van der Waals surface area (Å²) in [5.74, 6) is 0.119. The normalized spacial score (nSPS) is 11.4. The van der Waals surface area contributed by atoms with Gasteiger partial charge in [-0.05, 0) is 42.3 Å². The number of thiophene rings is 1. The third-order valence-electron chi connectivity index (χ3n) is 3.60. The summed E-state index contributed by atoms with van der Waals surface area (Å²) in [4.78, 5) is 9.07. The molecule has 0 unspecified atom stereocenters. The van der Waals surface area contributed by atoms with Gasteiger partial charge in [0.1, 0.15) is 11.5 Å². The summed E-state index contributed by atoms with van der Waals surface area (Å²) in [6.07, 6.45) is 5.38. The molecule has 26 heavy (non-hydrogen) atoms. The van der Waals surface area contributed by atoms with E-state index in [0.29, 0.717) is 28.7 Å². The molecule has 0 aliphatic carbocycles. The standard InChI is InChI=1S/C19H16ClFN4S/c20-18-7-6-17(26-18)16(12-15(22)19-24-9-3-10-25-19)23-11-8-13-4-1-2-5-14(13)21/h1-7,9-10,12,22-23H,8,11H2/b16-12-,22-15?. The molecule has 0 saturated heterocycles. The minimum atomic E-state index is -0.218. The molecular weight excluding hydrogens is 371 g/mol. The Labute approximate surface area is 159 Å². The maximum absolute atomic E-state index is 13.8. The Hall–Kier alpha value is -2.57. The molecule has 0 aliphatic heterocycles. The van der Waals surface area contributed by atoms with Crippen molar-refractivity contribution in [3.8, 4) is 0 Å². The lowest BCUT2D eigenvalue weighted by Gasteiger charge is -2.10. The minimum absolute atomic E-state index is 0.184. The quantitative estimate of drug-likeness (QED) is 0.584. The molecule has 0 bridgehead atoms. The van der Waals surface area contributed by atoms with Gasteiger partial charge in [0, 0.05) is 18.9 Å². The Balaban J connectivity index is 1.77. The molecule has 7 heteroatoms. The summed E-state index contributed by atoms with van der Waals surface area (Å²) in [5, 5.41) is 11.5. The number of nitrogens with zero attached hydrogens (tertiary/aromatic N) is 2. The van der Waals surface area contributed by atoms with E-state index in [2.05, 4.69) is 15.3 Å². The fourth-order valence-electron chi connectivity index (χ4n) is 2.35. The highest BCUT2D eigenvalue weighted by Crippen LogP contribution is 2.26. The van der Waals surface area contributed by atoms with E-state index in [0.717, 1.165) is 10.6 Å². The van der Waals surface area contributed by atoms with Crippen LogP contribution in [0.15, 0.2) is 60.9 Å². The van der Waals surface area contributed by atoms with Crippen molar-refractivity contribution in [3.05, 3.63) is 87.4 Å². The molecule has 0 fully saturated rings. The predicted molar refractivity (Wildman–Crippen MR) is 104 cm³/mol. The average Bonchev–Trinajstić information content (AvgIpc) is 3.09. The van der Waals surface area contributed by atoms with Crippen molar-refractivity contribution in [2.24, 2.45) is 0 Å². The molecule has 4 nitrogen and oxygen atoms in total. The molecule has 0 saturated carbocycles. The Morgan fingerprint density at radius 1 is 1.15 bits per heavy atom. The molecule has 0 spiro atoms. The maximum atomic E-state index is 13.8. The molecule has 0 atom stereocenters. The van der Waals surface area contributed by atoms with Crippen LogP contribution in [0.4, 0.5) is 4.39 Å². The van der Waals surface area contributed by atoms with E-state index in [9.17, 15) is 4.39 Å². The van der Waals surface area contributed by atoms with Crippen molar-refractivity contribution in [2.75, 3.05) is 6.54 Å². The predicted octanol–water partition coefficient (Wildman–Crippen LogP) is 4.57. The summed E-state index contributed by atoms with van der Waals surface area (Å²) < 4.78 is 14.4. The molecule has 3 rings (SSSR count). The largest absolute Gasteiger partial charge is 0.384 e. The first kappa shape index (κ1) is 18.2. The van der Waals surface area contributed by atoms with Crippen LogP contribution in [0, 0.1) is 11.2 Å². The smallest absolute Gasteiger partial charge is 0.177 e. The highest BCUT2D eigenvalue weighted by Gasteiger charge is 2.09. The third-order valence-corrected chi connectivity index (χ3v) is 4.87. The van der Waals surface area contributed by atoms with Gasteiger partial charge in [0.05, 0.1) is 14.9 Å². The third kappa shape index (κ3) is 4.74. The van der Waals surface area contributed by atoms with Crippen molar-refractivity contribution >= 4 is 34.3 Å². The summed E-state index contributed by atoms with van der Waals surface area (Å²) in [6, 6.07) is 12.1. The zero-order chi connectivity index (χ0) is 18.4. The Morgan fingerprint density at radius 3 is 2.62 bits per heavy atom. The maximum Gasteiger partial charge on any atom is 0.177 e. The van der Waals surface area contributed by atoms with Crippen LogP contribution < -0.4 is 5.32 Å². The van der Waals surface area contributed by atoms with Crippen LogP contribution in [0.2, 0.25) is 4.34 Å². The number of aromatic nitrogens is 2. The average molecular weight is 387 g/mol. The lowest BCUT2D eigenvalue weighted by Crippen LogP contribution is -2.17. The van der Waals surface area contributed by atoms with Crippen LogP contribution in [-0.4, -0.2) is 22.2 Å². The first-order valence-corrected chi connectivity index (χ1v) is 9.13. The summed E-state index contributed by atoms with van der Waals surface area (Å²) in [7, 11) is 0. The number of allylic oxidation sites excluding steroid dienone is 1. The molecule has 3 aromatic rings. The molecule has 132 valence electrons. The fourth-order valence-corrected chi connectivity index (χ4v) is 3.38. The van der Waals surface area contributed by atoms with Gasteiger partial charge in [-0.3, -0.25) is 5.41 Å². The molecule has 0 amide bonds. The first-order chi connectivity index (χ1) is 12.6. The molecule has 1 aromatic carbocycles. The Kier molecular flexibility index (Phi) is 6.09. The van der Waals surface area contributed by atoms with Crippen LogP contribution in [0.1, 0.15) is 16.3 Å². The van der Waals surface area contributed by atoms with Crippen LogP contribution >= 0.6 is 22.9 Å². The van der Waals surface area contributed by atoms with E-state index in [-0.39, 0.29) is 11.5 Å². The Morgan fingerprint density at radius 2 is 1.92 bits per heavy atom. The molecule has 2 aromatic heterocycles. The van der Waals surface area contributed by atoms with E-state index in [1.54, 1.807) is 42.7 Å². The topological polar surface area (TPSA) is 61.7 Å². The van der Waals surface area contributed by atoms with E-state index in [1.807, 2.05) is 12.1 Å². The van der Waals surface area contributed by atoms with Gasteiger partial charge >= 0.3 is 0 Å². The molecule has 0 aliphatic rings. The van der Waals surface area contributed by atoms with Crippen molar-refractivity contribution in [3.63, 3.8) is 0 Å². The number of benzene rings is 1. The number of rotatable bonds is 7. The summed E-state index contributed by atoms with van der Waals surface area (Å²) in [5.41, 5.74) is 1.56. The minimum Gasteiger partial charge on any atom is -0.384 e. The Bertz CT molecular complexity index is 924. The van der Waals surface area contributed by atoms with Gasteiger partial charge in [0.15, 0.2) is 5.82 Å². The van der Waals surface area contributed by atoms with Crippen LogP contribution in [-0.2, 0) is 6.42 Å². The van der Waals surface area contributed by atoms with Crippen LogP contribution in [0.3, 0.4) is 0 Å². The number of hydrogen-bond donors (Lipinski definition) is 2. The molecule has 2 N–H and O–H groups in total. The van der Waals surface area contributed by atoms with Crippen molar-refractivity contribution in [1.82, 2.24) is 15.3 Å². The zero-order valence-corrected chi connectivity index (χ0v) is 15.3. The number of halogens is 2. The van der Waals surface area contributed by atoms with E-state index >= 15 is 0 Å². The lowest BCUT2D eigenvalue weighted by atomic mass is 10.1. The van der Waals surface area contributed by atoms with Gasteiger partial charge in [-0.1, -0.05) is 29.8 Å².